The lowest BCUT2D eigenvalue weighted by atomic mass is 9.87. The highest BCUT2D eigenvalue weighted by Crippen LogP contribution is 2.36. The number of aliphatic hydroxyl groups excluding tert-OH is 1. The fourth-order valence-corrected chi connectivity index (χ4v) is 4.24. The monoisotopic (exact) mass is 286 g/mol. The molecule has 19 heavy (non-hydrogen) atoms. The molecule has 1 saturated carbocycles. The van der Waals surface area contributed by atoms with Crippen molar-refractivity contribution in [3.8, 4) is 0 Å². The summed E-state index contributed by atoms with van der Waals surface area (Å²) >= 11 is 1.96. The Morgan fingerprint density at radius 2 is 2.21 bits per heavy atom. The van der Waals surface area contributed by atoms with Gasteiger partial charge in [0, 0.05) is 17.8 Å². The second-order valence-electron chi connectivity index (χ2n) is 6.15. The van der Waals surface area contributed by atoms with E-state index in [-0.39, 0.29) is 16.9 Å². The van der Waals surface area contributed by atoms with Crippen molar-refractivity contribution in [1.29, 1.82) is 0 Å². The van der Waals surface area contributed by atoms with Gasteiger partial charge >= 0.3 is 6.03 Å². The van der Waals surface area contributed by atoms with Crippen LogP contribution in [0.3, 0.4) is 0 Å². The molecule has 0 aromatic heterocycles. The van der Waals surface area contributed by atoms with E-state index in [1.54, 1.807) is 0 Å². The highest BCUT2D eigenvalue weighted by molar-refractivity contribution is 8.00. The molecule has 2 aliphatic rings. The molecule has 1 aliphatic carbocycles. The molecule has 0 aromatic carbocycles. The van der Waals surface area contributed by atoms with Crippen molar-refractivity contribution in [3.63, 3.8) is 0 Å². The van der Waals surface area contributed by atoms with Gasteiger partial charge in [0.15, 0.2) is 0 Å². The molecule has 0 bridgehead atoms. The lowest BCUT2D eigenvalue weighted by Crippen LogP contribution is -2.44. The number of carbonyl (C=O) groups is 1. The molecule has 2 amide bonds. The summed E-state index contributed by atoms with van der Waals surface area (Å²) in [6, 6.07) is -0.0613. The largest absolute Gasteiger partial charge is 0.393 e. The van der Waals surface area contributed by atoms with Crippen LogP contribution in [0, 0.1) is 5.92 Å². The average Bonchev–Trinajstić information content (AvgIpc) is 2.82. The first-order valence-electron chi connectivity index (χ1n) is 7.41. The summed E-state index contributed by atoms with van der Waals surface area (Å²) < 4.78 is 0.221. The van der Waals surface area contributed by atoms with Gasteiger partial charge in [0.05, 0.1) is 6.10 Å². The van der Waals surface area contributed by atoms with Crippen LogP contribution in [0.1, 0.15) is 45.4 Å². The van der Waals surface area contributed by atoms with E-state index in [0.717, 1.165) is 32.2 Å². The number of aliphatic hydroxyl groups is 1. The first-order chi connectivity index (χ1) is 9.07. The van der Waals surface area contributed by atoms with E-state index >= 15 is 0 Å². The summed E-state index contributed by atoms with van der Waals surface area (Å²) in [7, 11) is 0. The molecule has 1 heterocycles. The van der Waals surface area contributed by atoms with E-state index in [0.29, 0.717) is 12.5 Å². The van der Waals surface area contributed by atoms with Crippen molar-refractivity contribution in [3.05, 3.63) is 0 Å². The van der Waals surface area contributed by atoms with E-state index < -0.39 is 0 Å². The molecule has 0 spiro atoms. The summed E-state index contributed by atoms with van der Waals surface area (Å²) in [5, 5.41) is 15.5. The third-order valence-electron chi connectivity index (χ3n) is 4.23. The van der Waals surface area contributed by atoms with Crippen LogP contribution >= 0.6 is 11.8 Å². The molecule has 1 aliphatic heterocycles. The molecule has 110 valence electrons. The maximum atomic E-state index is 11.8. The van der Waals surface area contributed by atoms with Gasteiger partial charge in [-0.2, -0.15) is 11.8 Å². The molecule has 2 rings (SSSR count). The van der Waals surface area contributed by atoms with Crippen LogP contribution in [0.15, 0.2) is 0 Å². The van der Waals surface area contributed by atoms with E-state index in [1.807, 2.05) is 11.8 Å². The van der Waals surface area contributed by atoms with Crippen molar-refractivity contribution < 1.29 is 9.90 Å². The summed E-state index contributed by atoms with van der Waals surface area (Å²) in [5.41, 5.74) is 0. The zero-order valence-electron chi connectivity index (χ0n) is 11.8. The van der Waals surface area contributed by atoms with E-state index in [4.69, 9.17) is 0 Å². The fraction of sp³-hybridized carbons (Fsp3) is 0.929. The number of amides is 2. The van der Waals surface area contributed by atoms with E-state index in [2.05, 4.69) is 17.6 Å². The third-order valence-corrected chi connectivity index (χ3v) is 5.77. The first kappa shape index (κ1) is 15.0. The first-order valence-corrected chi connectivity index (χ1v) is 8.40. The number of thioether (sulfide) groups is 1. The predicted octanol–water partition coefficient (Wildman–Crippen LogP) is 2.12. The van der Waals surface area contributed by atoms with Crippen molar-refractivity contribution in [1.82, 2.24) is 10.6 Å². The van der Waals surface area contributed by atoms with Gasteiger partial charge in [-0.05, 0) is 50.7 Å². The number of urea groups is 1. The molecule has 5 heteroatoms. The maximum absolute atomic E-state index is 11.8. The van der Waals surface area contributed by atoms with E-state index in [1.165, 1.54) is 18.6 Å². The van der Waals surface area contributed by atoms with Crippen molar-refractivity contribution in [2.45, 2.75) is 56.3 Å². The van der Waals surface area contributed by atoms with Gasteiger partial charge < -0.3 is 15.7 Å². The SMILES string of the molecule is CC1(CNC(=O)NCC2CCCC(O)C2)CCCS1. The number of rotatable bonds is 4. The second kappa shape index (κ2) is 6.84. The van der Waals surface area contributed by atoms with Gasteiger partial charge in [-0.25, -0.2) is 4.79 Å². The van der Waals surface area contributed by atoms with Gasteiger partial charge in [-0.3, -0.25) is 0 Å². The molecule has 3 N–H and O–H groups in total. The van der Waals surface area contributed by atoms with Gasteiger partial charge in [-0.15, -0.1) is 0 Å². The predicted molar refractivity (Wildman–Crippen MR) is 79.5 cm³/mol. The molecule has 3 unspecified atom stereocenters. The Hall–Kier alpha value is -0.420. The molecule has 2 fully saturated rings. The molecule has 4 nitrogen and oxygen atoms in total. The Balaban J connectivity index is 1.61. The van der Waals surface area contributed by atoms with E-state index in [9.17, 15) is 9.90 Å². The minimum Gasteiger partial charge on any atom is -0.393 e. The Morgan fingerprint density at radius 3 is 2.89 bits per heavy atom. The molecule has 3 atom stereocenters. The average molecular weight is 286 g/mol. The molecule has 1 saturated heterocycles. The minimum atomic E-state index is -0.169. The topological polar surface area (TPSA) is 61.4 Å². The lowest BCUT2D eigenvalue weighted by molar-refractivity contribution is 0.101. The van der Waals surface area contributed by atoms with Crippen LogP contribution in [0.5, 0.6) is 0 Å². The summed E-state index contributed by atoms with van der Waals surface area (Å²) in [6.45, 7) is 3.66. The number of hydrogen-bond acceptors (Lipinski definition) is 3. The standard InChI is InChI=1S/C14H26N2O2S/c1-14(6-3-7-19-14)10-16-13(18)15-9-11-4-2-5-12(17)8-11/h11-12,17H,2-10H2,1H3,(H2,15,16,18). The fourth-order valence-electron chi connectivity index (χ4n) is 2.99. The zero-order chi connectivity index (χ0) is 13.7. The molecule has 0 aromatic rings. The van der Waals surface area contributed by atoms with Crippen LogP contribution in [-0.2, 0) is 0 Å². The van der Waals surface area contributed by atoms with Gasteiger partial charge in [0.2, 0.25) is 0 Å². The van der Waals surface area contributed by atoms with Crippen LogP contribution in [0.2, 0.25) is 0 Å². The quantitative estimate of drug-likeness (QED) is 0.742. The normalized spacial score (nSPS) is 35.1. The van der Waals surface area contributed by atoms with Gasteiger partial charge in [0.1, 0.15) is 0 Å². The number of hydrogen-bond donors (Lipinski definition) is 3. The highest BCUT2D eigenvalue weighted by atomic mass is 32.2. The summed E-state index contributed by atoms with van der Waals surface area (Å²) in [5.74, 6) is 1.64. The smallest absolute Gasteiger partial charge is 0.314 e. The van der Waals surface area contributed by atoms with Crippen molar-refractivity contribution >= 4 is 17.8 Å². The Kier molecular flexibility index (Phi) is 5.39. The van der Waals surface area contributed by atoms with Gasteiger partial charge in [-0.1, -0.05) is 6.42 Å². The molecule has 0 radical (unpaired) electrons. The third kappa shape index (κ3) is 4.88. The van der Waals surface area contributed by atoms with Crippen LogP contribution in [-0.4, -0.2) is 40.8 Å². The van der Waals surface area contributed by atoms with Gasteiger partial charge in [0.25, 0.3) is 0 Å². The van der Waals surface area contributed by atoms with Crippen molar-refractivity contribution in [2.75, 3.05) is 18.8 Å². The Bertz CT molecular complexity index is 306. The maximum Gasteiger partial charge on any atom is 0.314 e. The Labute approximate surface area is 120 Å². The zero-order valence-corrected chi connectivity index (χ0v) is 12.6. The summed E-state index contributed by atoms with van der Waals surface area (Å²) in [4.78, 5) is 11.8. The highest BCUT2D eigenvalue weighted by Gasteiger charge is 2.29. The van der Waals surface area contributed by atoms with Crippen LogP contribution < -0.4 is 10.6 Å². The second-order valence-corrected chi connectivity index (χ2v) is 7.83. The lowest BCUT2D eigenvalue weighted by Gasteiger charge is -2.26. The molecular weight excluding hydrogens is 260 g/mol. The number of carbonyl (C=O) groups excluding carboxylic acids is 1. The van der Waals surface area contributed by atoms with Crippen LogP contribution in [0.25, 0.3) is 0 Å². The Morgan fingerprint density at radius 1 is 1.37 bits per heavy atom. The van der Waals surface area contributed by atoms with Crippen LogP contribution in [0.4, 0.5) is 4.79 Å². The number of nitrogens with one attached hydrogen (secondary N) is 2. The van der Waals surface area contributed by atoms with Crippen molar-refractivity contribution in [2.24, 2.45) is 5.92 Å². The minimum absolute atomic E-state index is 0.0613. The molecular formula is C14H26N2O2S. The summed E-state index contributed by atoms with van der Waals surface area (Å²) in [6.07, 6.45) is 6.20.